The van der Waals surface area contributed by atoms with Gasteiger partial charge in [-0.05, 0) is 49.1 Å². The molecule has 1 aromatic heterocycles. The fraction of sp³-hybridized carbons (Fsp3) is 0.346. The number of allylic oxidation sites excluding steroid dienone is 2. The number of carbonyl (C=O) groups excluding carboxylic acids is 1. The van der Waals surface area contributed by atoms with E-state index in [0.29, 0.717) is 29.9 Å². The number of Topliss-reactive ketones (excluding diaryl/α,β-unsaturated/α-hetero) is 1. The number of unbranched alkanes of at least 4 members (excludes halogenated alkanes) is 1. The number of anilines is 1. The highest BCUT2D eigenvalue weighted by atomic mass is 79.9. The molecule has 6 nitrogen and oxygen atoms in total. The molecule has 2 aromatic carbocycles. The smallest absolute Gasteiger partial charge is 0.227 e. The minimum absolute atomic E-state index is 0.148. The standard InChI is InChI=1S/C26H26BrClN4O2S/c1-2-3-13-34-22-12-11-17(27)14-18(22)24-23-20(9-6-10-21(23)33)29-25-30-26(31-32(24)25)35-15-16-7-4-5-8-19(16)28/h4-5,7-8,11-12,14,24H,2-3,6,9-10,13,15H2,1H3,(H,29,30,31). The first-order chi connectivity index (χ1) is 17.0. The fourth-order valence-electron chi connectivity index (χ4n) is 4.43. The average molecular weight is 574 g/mol. The lowest BCUT2D eigenvalue weighted by Gasteiger charge is -2.33. The van der Waals surface area contributed by atoms with Crippen molar-refractivity contribution in [1.82, 2.24) is 14.8 Å². The molecule has 0 fully saturated rings. The van der Waals surface area contributed by atoms with Gasteiger partial charge in [0.05, 0.1) is 6.61 Å². The van der Waals surface area contributed by atoms with Crippen LogP contribution in [0.5, 0.6) is 5.75 Å². The van der Waals surface area contributed by atoms with Crippen molar-refractivity contribution >= 4 is 51.0 Å². The van der Waals surface area contributed by atoms with Gasteiger partial charge in [-0.15, -0.1) is 5.10 Å². The maximum atomic E-state index is 13.2. The largest absolute Gasteiger partial charge is 0.493 e. The van der Waals surface area contributed by atoms with E-state index in [1.54, 1.807) is 0 Å². The van der Waals surface area contributed by atoms with Crippen LogP contribution in [0.15, 0.2) is 63.4 Å². The number of ketones is 1. The van der Waals surface area contributed by atoms with Gasteiger partial charge in [0.2, 0.25) is 11.1 Å². The van der Waals surface area contributed by atoms with Crippen molar-refractivity contribution in [2.75, 3.05) is 11.9 Å². The van der Waals surface area contributed by atoms with Gasteiger partial charge in [0.15, 0.2) is 5.78 Å². The maximum absolute atomic E-state index is 13.2. The molecule has 1 aliphatic heterocycles. The van der Waals surface area contributed by atoms with Gasteiger partial charge in [-0.2, -0.15) is 4.98 Å². The van der Waals surface area contributed by atoms with E-state index in [2.05, 4.69) is 28.2 Å². The predicted molar refractivity (Wildman–Crippen MR) is 143 cm³/mol. The Morgan fingerprint density at radius 3 is 2.94 bits per heavy atom. The number of nitrogens with zero attached hydrogens (tertiary/aromatic N) is 3. The first kappa shape index (κ1) is 24.4. The summed E-state index contributed by atoms with van der Waals surface area (Å²) in [4.78, 5) is 18.0. The van der Waals surface area contributed by atoms with E-state index in [-0.39, 0.29) is 5.78 Å². The van der Waals surface area contributed by atoms with E-state index in [4.69, 9.17) is 26.4 Å². The SMILES string of the molecule is CCCCOc1ccc(Br)cc1C1C2=C(CCCC2=O)Nc2nc(SCc3ccccc3Cl)nn21. The van der Waals surface area contributed by atoms with Crippen LogP contribution in [0, 0.1) is 0 Å². The molecule has 0 saturated carbocycles. The first-order valence-corrected chi connectivity index (χ1v) is 14.0. The molecule has 0 amide bonds. The van der Waals surface area contributed by atoms with Crippen molar-refractivity contribution in [3.05, 3.63) is 74.4 Å². The van der Waals surface area contributed by atoms with E-state index in [9.17, 15) is 4.79 Å². The number of benzene rings is 2. The van der Waals surface area contributed by atoms with Gasteiger partial charge in [0.25, 0.3) is 0 Å². The summed E-state index contributed by atoms with van der Waals surface area (Å²) in [6, 6.07) is 13.4. The second-order valence-electron chi connectivity index (χ2n) is 8.62. The van der Waals surface area contributed by atoms with Crippen molar-refractivity contribution in [2.24, 2.45) is 0 Å². The number of rotatable bonds is 8. The molecule has 1 unspecified atom stereocenters. The number of hydrogen-bond acceptors (Lipinski definition) is 6. The Morgan fingerprint density at radius 2 is 2.11 bits per heavy atom. The summed E-state index contributed by atoms with van der Waals surface area (Å²) < 4.78 is 8.95. The fourth-order valence-corrected chi connectivity index (χ4v) is 5.93. The quantitative estimate of drug-likeness (QED) is 0.227. The molecule has 0 spiro atoms. The summed E-state index contributed by atoms with van der Waals surface area (Å²) in [6.45, 7) is 2.76. The molecule has 0 saturated heterocycles. The van der Waals surface area contributed by atoms with Gasteiger partial charge in [-0.1, -0.05) is 70.8 Å². The highest BCUT2D eigenvalue weighted by molar-refractivity contribution is 9.10. The van der Waals surface area contributed by atoms with E-state index < -0.39 is 6.04 Å². The third-order valence-corrected chi connectivity index (χ3v) is 7.93. The number of fused-ring (bicyclic) bond motifs is 1. The van der Waals surface area contributed by atoms with E-state index in [1.165, 1.54) is 11.8 Å². The predicted octanol–water partition coefficient (Wildman–Crippen LogP) is 7.19. The molecule has 3 aromatic rings. The zero-order chi connectivity index (χ0) is 24.4. The van der Waals surface area contributed by atoms with Crippen LogP contribution in [0.4, 0.5) is 5.95 Å². The van der Waals surface area contributed by atoms with Crippen LogP contribution in [0.25, 0.3) is 0 Å². The number of aromatic nitrogens is 3. The Kier molecular flexibility index (Phi) is 7.51. The van der Waals surface area contributed by atoms with Crippen LogP contribution in [0.1, 0.15) is 56.2 Å². The molecule has 35 heavy (non-hydrogen) atoms. The number of ether oxygens (including phenoxy) is 1. The second-order valence-corrected chi connectivity index (χ2v) is 10.9. The van der Waals surface area contributed by atoms with Gasteiger partial charge in [-0.25, -0.2) is 4.68 Å². The molecule has 2 aliphatic rings. The van der Waals surface area contributed by atoms with Crippen LogP contribution >= 0.6 is 39.3 Å². The first-order valence-electron chi connectivity index (χ1n) is 11.8. The third kappa shape index (κ3) is 5.15. The van der Waals surface area contributed by atoms with Crippen LogP contribution in [0.2, 0.25) is 5.02 Å². The summed E-state index contributed by atoms with van der Waals surface area (Å²) in [6.07, 6.45) is 4.19. The number of hydrogen-bond donors (Lipinski definition) is 1. The van der Waals surface area contributed by atoms with Gasteiger partial charge in [0, 0.05) is 38.5 Å². The lowest BCUT2D eigenvalue weighted by atomic mass is 9.85. The molecule has 1 atom stereocenters. The molecule has 2 heterocycles. The third-order valence-electron chi connectivity index (χ3n) is 6.19. The van der Waals surface area contributed by atoms with E-state index >= 15 is 0 Å². The normalized spacial score (nSPS) is 17.1. The van der Waals surface area contributed by atoms with Crippen molar-refractivity contribution < 1.29 is 9.53 Å². The zero-order valence-electron chi connectivity index (χ0n) is 19.4. The number of halogens is 2. The molecule has 9 heteroatoms. The van der Waals surface area contributed by atoms with Gasteiger partial charge in [-0.3, -0.25) is 4.79 Å². The monoisotopic (exact) mass is 572 g/mol. The second kappa shape index (κ2) is 10.8. The molecule has 0 bridgehead atoms. The lowest BCUT2D eigenvalue weighted by Crippen LogP contribution is -2.31. The summed E-state index contributed by atoms with van der Waals surface area (Å²) in [5.41, 5.74) is 3.64. The minimum Gasteiger partial charge on any atom is -0.493 e. The van der Waals surface area contributed by atoms with Crippen LogP contribution in [-0.2, 0) is 10.5 Å². The molecular formula is C26H26BrClN4O2S. The van der Waals surface area contributed by atoms with Crippen molar-refractivity contribution in [1.29, 1.82) is 0 Å². The van der Waals surface area contributed by atoms with Gasteiger partial charge < -0.3 is 10.1 Å². The Balaban J connectivity index is 1.54. The van der Waals surface area contributed by atoms with Crippen molar-refractivity contribution in [2.45, 2.75) is 56.0 Å². The topological polar surface area (TPSA) is 69.0 Å². The van der Waals surface area contributed by atoms with Crippen molar-refractivity contribution in [3.8, 4) is 5.75 Å². The highest BCUT2D eigenvalue weighted by Gasteiger charge is 2.38. The maximum Gasteiger partial charge on any atom is 0.227 e. The van der Waals surface area contributed by atoms with Crippen molar-refractivity contribution in [3.63, 3.8) is 0 Å². The van der Waals surface area contributed by atoms with Gasteiger partial charge in [0.1, 0.15) is 11.8 Å². The lowest BCUT2D eigenvalue weighted by molar-refractivity contribution is -0.116. The van der Waals surface area contributed by atoms with Crippen LogP contribution < -0.4 is 10.1 Å². The average Bonchev–Trinajstić information content (AvgIpc) is 3.26. The summed E-state index contributed by atoms with van der Waals surface area (Å²) in [5, 5.41) is 9.61. The van der Waals surface area contributed by atoms with E-state index in [0.717, 1.165) is 63.3 Å². The number of carbonyl (C=O) groups is 1. The highest BCUT2D eigenvalue weighted by Crippen LogP contribution is 2.44. The minimum atomic E-state index is -0.398. The molecule has 182 valence electrons. The Bertz CT molecular complexity index is 1290. The van der Waals surface area contributed by atoms with E-state index in [1.807, 2.05) is 47.1 Å². The Morgan fingerprint density at radius 1 is 1.26 bits per heavy atom. The zero-order valence-corrected chi connectivity index (χ0v) is 22.5. The Hall–Kier alpha value is -2.29. The summed E-state index contributed by atoms with van der Waals surface area (Å²) in [7, 11) is 0. The molecule has 5 rings (SSSR count). The van der Waals surface area contributed by atoms with Crippen LogP contribution in [0.3, 0.4) is 0 Å². The number of thioether (sulfide) groups is 1. The molecule has 0 radical (unpaired) electrons. The molecule has 1 N–H and O–H groups in total. The molecule has 1 aliphatic carbocycles. The summed E-state index contributed by atoms with van der Waals surface area (Å²) in [5.74, 6) is 2.21. The van der Waals surface area contributed by atoms with Crippen LogP contribution in [-0.4, -0.2) is 27.2 Å². The van der Waals surface area contributed by atoms with Gasteiger partial charge >= 0.3 is 0 Å². The number of nitrogens with one attached hydrogen (secondary N) is 1. The molecular weight excluding hydrogens is 548 g/mol. The summed E-state index contributed by atoms with van der Waals surface area (Å²) >= 11 is 11.5. The Labute approximate surface area is 222 Å².